The highest BCUT2D eigenvalue weighted by atomic mass is 79.9. The molecule has 0 aliphatic rings. The zero-order chi connectivity index (χ0) is 12.6. The molecule has 88 valence electrons. The smallest absolute Gasteiger partial charge is 0.113 e. The number of hydrogen-bond donors (Lipinski definition) is 0. The number of nitriles is 1. The van der Waals surface area contributed by atoms with Gasteiger partial charge in [0.15, 0.2) is 0 Å². The maximum Gasteiger partial charge on any atom is 0.113 e. The van der Waals surface area contributed by atoms with Gasteiger partial charge in [0.05, 0.1) is 16.6 Å². The molecule has 2 heterocycles. The van der Waals surface area contributed by atoms with E-state index in [-0.39, 0.29) is 0 Å². The van der Waals surface area contributed by atoms with Gasteiger partial charge in [-0.25, -0.2) is 4.98 Å². The lowest BCUT2D eigenvalue weighted by Crippen LogP contribution is -2.13. The molecule has 0 aliphatic carbocycles. The number of rotatable bonds is 2. The SMILES string of the molecule is Cc1sc(C(C)(C)C#N)nc1-c1cc(Br)cs1. The molecule has 2 aromatic rings. The van der Waals surface area contributed by atoms with Crippen LogP contribution in [0.1, 0.15) is 23.7 Å². The molecule has 2 rings (SSSR count). The topological polar surface area (TPSA) is 36.7 Å². The molecule has 0 unspecified atom stereocenters. The normalized spacial score (nSPS) is 11.5. The molecule has 2 nitrogen and oxygen atoms in total. The lowest BCUT2D eigenvalue weighted by molar-refractivity contribution is 0.680. The summed E-state index contributed by atoms with van der Waals surface area (Å²) in [5.41, 5.74) is 0.492. The van der Waals surface area contributed by atoms with Crippen LogP contribution in [0, 0.1) is 18.3 Å². The van der Waals surface area contributed by atoms with Crippen molar-refractivity contribution in [1.82, 2.24) is 4.98 Å². The first kappa shape index (κ1) is 12.7. The molecule has 0 atom stereocenters. The van der Waals surface area contributed by atoms with Gasteiger partial charge in [-0.3, -0.25) is 0 Å². The van der Waals surface area contributed by atoms with Crippen molar-refractivity contribution < 1.29 is 0 Å². The molecular weight excluding hydrogens is 316 g/mol. The average molecular weight is 327 g/mol. The summed E-state index contributed by atoms with van der Waals surface area (Å²) in [4.78, 5) is 6.93. The van der Waals surface area contributed by atoms with Gasteiger partial charge in [-0.1, -0.05) is 0 Å². The first-order valence-corrected chi connectivity index (χ1v) is 7.56. The minimum Gasteiger partial charge on any atom is -0.238 e. The maximum absolute atomic E-state index is 9.13. The van der Waals surface area contributed by atoms with Crippen molar-refractivity contribution in [1.29, 1.82) is 5.26 Å². The van der Waals surface area contributed by atoms with Crippen molar-refractivity contribution in [2.45, 2.75) is 26.2 Å². The minimum absolute atomic E-state index is 0.512. The first-order chi connectivity index (χ1) is 7.94. The molecule has 0 bridgehead atoms. The van der Waals surface area contributed by atoms with Crippen molar-refractivity contribution in [3.05, 3.63) is 25.8 Å². The Morgan fingerprint density at radius 1 is 1.47 bits per heavy atom. The summed E-state index contributed by atoms with van der Waals surface area (Å²) in [5.74, 6) is 0. The summed E-state index contributed by atoms with van der Waals surface area (Å²) in [6.07, 6.45) is 0. The van der Waals surface area contributed by atoms with E-state index in [9.17, 15) is 0 Å². The van der Waals surface area contributed by atoms with Crippen molar-refractivity contribution in [2.75, 3.05) is 0 Å². The van der Waals surface area contributed by atoms with E-state index in [2.05, 4.69) is 40.0 Å². The van der Waals surface area contributed by atoms with Crippen LogP contribution in [0.4, 0.5) is 0 Å². The van der Waals surface area contributed by atoms with Gasteiger partial charge in [-0.15, -0.1) is 22.7 Å². The van der Waals surface area contributed by atoms with Crippen LogP contribution in [-0.2, 0) is 5.41 Å². The highest BCUT2D eigenvalue weighted by Crippen LogP contribution is 2.37. The Hall–Kier alpha value is -0.700. The quantitative estimate of drug-likeness (QED) is 0.798. The van der Waals surface area contributed by atoms with Gasteiger partial charge in [0.2, 0.25) is 0 Å². The fourth-order valence-electron chi connectivity index (χ4n) is 1.38. The number of thiophene rings is 1. The largest absolute Gasteiger partial charge is 0.238 e. The summed E-state index contributed by atoms with van der Waals surface area (Å²) in [6, 6.07) is 4.36. The second-order valence-corrected chi connectivity index (χ2v) is 7.32. The maximum atomic E-state index is 9.13. The standard InChI is InChI=1S/C12H11BrN2S2/c1-7-10(9-4-8(13)5-16-9)15-11(17-7)12(2,3)6-14/h4-5H,1-3H3. The van der Waals surface area contributed by atoms with Crippen molar-refractivity contribution in [3.63, 3.8) is 0 Å². The van der Waals surface area contributed by atoms with Crippen LogP contribution in [0.3, 0.4) is 0 Å². The second-order valence-electron chi connectivity index (χ2n) is 4.29. The number of aryl methyl sites for hydroxylation is 1. The van der Waals surface area contributed by atoms with Crippen LogP contribution < -0.4 is 0 Å². The van der Waals surface area contributed by atoms with Crippen LogP contribution in [0.15, 0.2) is 15.9 Å². The number of thiazole rings is 1. The lowest BCUT2D eigenvalue weighted by Gasteiger charge is -2.09. The van der Waals surface area contributed by atoms with E-state index in [1.165, 1.54) is 0 Å². The van der Waals surface area contributed by atoms with Crippen LogP contribution in [0.25, 0.3) is 10.6 Å². The molecule has 17 heavy (non-hydrogen) atoms. The molecule has 0 radical (unpaired) electrons. The van der Waals surface area contributed by atoms with Crippen LogP contribution in [-0.4, -0.2) is 4.98 Å². The molecular formula is C12H11BrN2S2. The van der Waals surface area contributed by atoms with E-state index in [0.717, 1.165) is 24.9 Å². The predicted octanol–water partition coefficient (Wildman–Crippen LogP) is 4.74. The van der Waals surface area contributed by atoms with Gasteiger partial charge in [0.25, 0.3) is 0 Å². The van der Waals surface area contributed by atoms with Gasteiger partial charge >= 0.3 is 0 Å². The summed E-state index contributed by atoms with van der Waals surface area (Å²) in [6.45, 7) is 5.86. The summed E-state index contributed by atoms with van der Waals surface area (Å²) in [5, 5.41) is 12.1. The van der Waals surface area contributed by atoms with Crippen LogP contribution in [0.2, 0.25) is 0 Å². The zero-order valence-electron chi connectivity index (χ0n) is 9.74. The van der Waals surface area contributed by atoms with Crippen molar-refractivity contribution in [3.8, 4) is 16.6 Å². The van der Waals surface area contributed by atoms with Gasteiger partial charge in [0, 0.05) is 14.7 Å². The third-order valence-corrected chi connectivity index (χ3v) is 5.40. The molecule has 0 saturated heterocycles. The Labute approximate surface area is 117 Å². The summed E-state index contributed by atoms with van der Waals surface area (Å²) in [7, 11) is 0. The summed E-state index contributed by atoms with van der Waals surface area (Å²) < 4.78 is 1.07. The molecule has 0 amide bonds. The highest BCUT2D eigenvalue weighted by molar-refractivity contribution is 9.10. The molecule has 5 heteroatoms. The summed E-state index contributed by atoms with van der Waals surface area (Å²) >= 11 is 6.72. The molecule has 0 aliphatic heterocycles. The third kappa shape index (κ3) is 2.44. The van der Waals surface area contributed by atoms with Crippen molar-refractivity contribution in [2.24, 2.45) is 0 Å². The third-order valence-electron chi connectivity index (χ3n) is 2.41. The van der Waals surface area contributed by atoms with E-state index in [1.807, 2.05) is 19.2 Å². The highest BCUT2D eigenvalue weighted by Gasteiger charge is 2.25. The molecule has 2 aromatic heterocycles. The first-order valence-electron chi connectivity index (χ1n) is 5.07. The Morgan fingerprint density at radius 3 is 2.71 bits per heavy atom. The molecule has 0 spiro atoms. The molecule has 0 N–H and O–H groups in total. The van der Waals surface area contributed by atoms with Crippen LogP contribution >= 0.6 is 38.6 Å². The predicted molar refractivity (Wildman–Crippen MR) is 76.5 cm³/mol. The van der Waals surface area contributed by atoms with E-state index in [1.54, 1.807) is 22.7 Å². The van der Waals surface area contributed by atoms with E-state index in [0.29, 0.717) is 0 Å². The second kappa shape index (κ2) is 4.52. The Bertz CT molecular complexity index is 590. The fraction of sp³-hybridized carbons (Fsp3) is 0.333. The fourth-order valence-corrected chi connectivity index (χ4v) is 3.90. The Morgan fingerprint density at radius 2 is 2.18 bits per heavy atom. The van der Waals surface area contributed by atoms with Gasteiger partial charge < -0.3 is 0 Å². The van der Waals surface area contributed by atoms with Gasteiger partial charge in [-0.2, -0.15) is 5.26 Å². The molecule has 0 aromatic carbocycles. The number of hydrogen-bond acceptors (Lipinski definition) is 4. The Balaban J connectivity index is 2.49. The average Bonchev–Trinajstić information content (AvgIpc) is 2.85. The Kier molecular flexibility index (Phi) is 3.39. The monoisotopic (exact) mass is 326 g/mol. The minimum atomic E-state index is -0.512. The number of aromatic nitrogens is 1. The number of nitrogens with zero attached hydrogens (tertiary/aromatic N) is 2. The van der Waals surface area contributed by atoms with E-state index in [4.69, 9.17) is 5.26 Å². The van der Waals surface area contributed by atoms with Crippen molar-refractivity contribution >= 4 is 38.6 Å². The molecule has 0 saturated carbocycles. The molecule has 0 fully saturated rings. The number of halogens is 1. The van der Waals surface area contributed by atoms with Gasteiger partial charge in [-0.05, 0) is 42.8 Å². The van der Waals surface area contributed by atoms with Crippen LogP contribution in [0.5, 0.6) is 0 Å². The van der Waals surface area contributed by atoms with E-state index >= 15 is 0 Å². The zero-order valence-corrected chi connectivity index (χ0v) is 13.0. The van der Waals surface area contributed by atoms with Gasteiger partial charge in [0.1, 0.15) is 10.4 Å². The lowest BCUT2D eigenvalue weighted by atomic mass is 9.97. The van der Waals surface area contributed by atoms with E-state index < -0.39 is 5.41 Å².